The van der Waals surface area contributed by atoms with Gasteiger partial charge in [-0.25, -0.2) is 4.79 Å². The average molecular weight is 488 g/mol. The number of esters is 1. The van der Waals surface area contributed by atoms with Gasteiger partial charge in [0.25, 0.3) is 0 Å². The van der Waals surface area contributed by atoms with Crippen molar-refractivity contribution in [2.24, 2.45) is 0 Å². The first kappa shape index (κ1) is 22.0. The summed E-state index contributed by atoms with van der Waals surface area (Å²) in [7, 11) is 1.32. The van der Waals surface area contributed by atoms with Crippen LogP contribution in [0.25, 0.3) is 11.1 Å². The Labute approximate surface area is 204 Å². The maximum atomic E-state index is 13.6. The molecule has 3 aromatic carbocycles. The number of aryl methyl sites for hydroxylation is 1. The standard InChI is InChI=1S/C27H20O9/c1-8-14(28)7-13-17(21(8)29)25(33)20-19(22(13)30)24(32)16-11(26(20)35-3)5-4-10-6-12-9(2)36-27(34)18(12)23(31)15(10)16/h6-7,9,28-29,31-32H,4-5H2,1-3H3. The Balaban J connectivity index is 1.71. The van der Waals surface area contributed by atoms with E-state index in [2.05, 4.69) is 0 Å². The number of cyclic esters (lactones) is 1. The van der Waals surface area contributed by atoms with Crippen molar-refractivity contribution in [2.45, 2.75) is 32.8 Å². The number of benzene rings is 3. The highest BCUT2D eigenvalue weighted by molar-refractivity contribution is 6.32. The smallest absolute Gasteiger partial charge is 0.342 e. The second-order valence-corrected chi connectivity index (χ2v) is 9.21. The molecule has 1 atom stereocenters. The molecule has 9 nitrogen and oxygen atoms in total. The first-order valence-electron chi connectivity index (χ1n) is 11.3. The Morgan fingerprint density at radius 1 is 0.833 bits per heavy atom. The summed E-state index contributed by atoms with van der Waals surface area (Å²) < 4.78 is 10.8. The van der Waals surface area contributed by atoms with Gasteiger partial charge in [-0.1, -0.05) is 6.07 Å². The molecule has 0 saturated carbocycles. The highest BCUT2D eigenvalue weighted by atomic mass is 16.5. The fraction of sp³-hybridized carbons (Fsp3) is 0.222. The van der Waals surface area contributed by atoms with E-state index in [1.54, 1.807) is 13.0 Å². The van der Waals surface area contributed by atoms with Crippen LogP contribution in [0, 0.1) is 6.92 Å². The van der Waals surface area contributed by atoms with Crippen LogP contribution in [0.1, 0.15) is 77.5 Å². The molecular weight excluding hydrogens is 468 g/mol. The molecule has 1 heterocycles. The number of carbonyl (C=O) groups is 3. The molecule has 0 saturated heterocycles. The number of phenols is 4. The SMILES string of the molecule is COc1c2c(c(O)c3c1C(=O)c1c(cc(O)c(C)c1O)C3=O)-c1c(cc3c(c1O)C(=O)OC3C)CC2. The molecule has 3 aliphatic rings. The number of rotatable bonds is 1. The fourth-order valence-electron chi connectivity index (χ4n) is 5.66. The number of ketones is 2. The van der Waals surface area contributed by atoms with E-state index in [0.717, 1.165) is 6.07 Å². The Morgan fingerprint density at radius 3 is 2.22 bits per heavy atom. The number of hydrogen-bond acceptors (Lipinski definition) is 9. The normalized spacial score (nSPS) is 17.1. The van der Waals surface area contributed by atoms with Gasteiger partial charge in [0.2, 0.25) is 5.78 Å². The third-order valence-corrected chi connectivity index (χ3v) is 7.42. The van der Waals surface area contributed by atoms with Gasteiger partial charge in [0.1, 0.15) is 40.4 Å². The first-order valence-corrected chi connectivity index (χ1v) is 11.3. The summed E-state index contributed by atoms with van der Waals surface area (Å²) in [4.78, 5) is 39.6. The lowest BCUT2D eigenvalue weighted by molar-refractivity contribution is 0.0420. The molecule has 182 valence electrons. The highest BCUT2D eigenvalue weighted by Crippen LogP contribution is 2.55. The van der Waals surface area contributed by atoms with Crippen molar-refractivity contribution in [3.8, 4) is 39.9 Å². The van der Waals surface area contributed by atoms with Crippen molar-refractivity contribution >= 4 is 17.5 Å². The van der Waals surface area contributed by atoms with E-state index in [1.165, 1.54) is 14.0 Å². The molecule has 3 aromatic rings. The second-order valence-electron chi connectivity index (χ2n) is 9.21. The van der Waals surface area contributed by atoms with Gasteiger partial charge in [0, 0.05) is 33.4 Å². The number of hydrogen-bond donors (Lipinski definition) is 4. The van der Waals surface area contributed by atoms with Crippen LogP contribution in [0.5, 0.6) is 28.7 Å². The number of ether oxygens (including phenoxy) is 2. The zero-order valence-corrected chi connectivity index (χ0v) is 19.5. The van der Waals surface area contributed by atoms with Crippen molar-refractivity contribution < 1.29 is 44.3 Å². The van der Waals surface area contributed by atoms with E-state index < -0.39 is 35.1 Å². The molecule has 0 aromatic heterocycles. The fourth-order valence-corrected chi connectivity index (χ4v) is 5.66. The quantitative estimate of drug-likeness (QED) is 0.295. The van der Waals surface area contributed by atoms with E-state index in [9.17, 15) is 34.8 Å². The van der Waals surface area contributed by atoms with Gasteiger partial charge in [-0.3, -0.25) is 9.59 Å². The molecular formula is C27H20O9. The third kappa shape index (κ3) is 2.46. The first-order chi connectivity index (χ1) is 17.1. The molecule has 6 rings (SSSR count). The maximum Gasteiger partial charge on any atom is 0.342 e. The molecule has 2 aliphatic carbocycles. The van der Waals surface area contributed by atoms with Crippen LogP contribution < -0.4 is 4.74 Å². The zero-order valence-electron chi connectivity index (χ0n) is 19.5. The van der Waals surface area contributed by atoms with Crippen LogP contribution in [0.3, 0.4) is 0 Å². The molecule has 0 spiro atoms. The van der Waals surface area contributed by atoms with E-state index in [1.807, 2.05) is 0 Å². The van der Waals surface area contributed by atoms with Crippen LogP contribution >= 0.6 is 0 Å². The minimum absolute atomic E-state index is 0.0109. The molecule has 0 radical (unpaired) electrons. The van der Waals surface area contributed by atoms with Crippen LogP contribution in [0.2, 0.25) is 0 Å². The monoisotopic (exact) mass is 488 g/mol. The second kappa shape index (κ2) is 7.00. The average Bonchev–Trinajstić information content (AvgIpc) is 3.13. The number of aromatic hydroxyl groups is 4. The number of methoxy groups -OCH3 is 1. The molecule has 0 fully saturated rings. The summed E-state index contributed by atoms with van der Waals surface area (Å²) in [6, 6.07) is 2.82. The summed E-state index contributed by atoms with van der Waals surface area (Å²) in [6.45, 7) is 3.10. The van der Waals surface area contributed by atoms with E-state index in [4.69, 9.17) is 9.47 Å². The highest BCUT2D eigenvalue weighted by Gasteiger charge is 2.43. The molecule has 1 aliphatic heterocycles. The van der Waals surface area contributed by atoms with E-state index >= 15 is 0 Å². The van der Waals surface area contributed by atoms with Crippen LogP contribution in [-0.4, -0.2) is 45.1 Å². The Morgan fingerprint density at radius 2 is 1.53 bits per heavy atom. The van der Waals surface area contributed by atoms with Crippen molar-refractivity contribution in [3.63, 3.8) is 0 Å². The molecule has 1 unspecified atom stereocenters. The third-order valence-electron chi connectivity index (χ3n) is 7.42. The predicted octanol–water partition coefficient (Wildman–Crippen LogP) is 3.60. The molecule has 36 heavy (non-hydrogen) atoms. The largest absolute Gasteiger partial charge is 0.508 e. The Kier molecular flexibility index (Phi) is 4.27. The van der Waals surface area contributed by atoms with E-state index in [-0.39, 0.29) is 61.8 Å². The van der Waals surface area contributed by atoms with Gasteiger partial charge in [-0.05, 0) is 38.3 Å². The topological polar surface area (TPSA) is 151 Å². The summed E-state index contributed by atoms with van der Waals surface area (Å²) >= 11 is 0. The van der Waals surface area contributed by atoms with Gasteiger partial charge in [0.15, 0.2) is 5.78 Å². The van der Waals surface area contributed by atoms with Gasteiger partial charge in [-0.2, -0.15) is 0 Å². The van der Waals surface area contributed by atoms with Crippen LogP contribution in [0.15, 0.2) is 12.1 Å². The lowest BCUT2D eigenvalue weighted by Crippen LogP contribution is -2.24. The van der Waals surface area contributed by atoms with Crippen molar-refractivity contribution in [3.05, 3.63) is 62.2 Å². The van der Waals surface area contributed by atoms with Crippen LogP contribution in [-0.2, 0) is 17.6 Å². The lowest BCUT2D eigenvalue weighted by atomic mass is 9.74. The van der Waals surface area contributed by atoms with Gasteiger partial charge >= 0.3 is 5.97 Å². The van der Waals surface area contributed by atoms with Crippen LogP contribution in [0.4, 0.5) is 0 Å². The minimum atomic E-state index is -0.801. The lowest BCUT2D eigenvalue weighted by Gasteiger charge is -2.30. The van der Waals surface area contributed by atoms with Gasteiger partial charge in [0.05, 0.1) is 23.8 Å². The van der Waals surface area contributed by atoms with Crippen molar-refractivity contribution in [2.75, 3.05) is 7.11 Å². The van der Waals surface area contributed by atoms with Crippen molar-refractivity contribution in [1.29, 1.82) is 0 Å². The molecule has 9 heteroatoms. The molecule has 0 bridgehead atoms. The summed E-state index contributed by atoms with van der Waals surface area (Å²) in [5.41, 5.74) is 0.717. The molecule has 4 N–H and O–H groups in total. The Hall–Kier alpha value is -4.53. The summed E-state index contributed by atoms with van der Waals surface area (Å²) in [5.74, 6) is -4.05. The number of carbonyl (C=O) groups excluding carboxylic acids is 3. The van der Waals surface area contributed by atoms with Gasteiger partial charge < -0.3 is 29.9 Å². The number of phenolic OH excluding ortho intramolecular Hbond substituents is 4. The van der Waals surface area contributed by atoms with Crippen molar-refractivity contribution in [1.82, 2.24) is 0 Å². The number of fused-ring (bicyclic) bond motifs is 6. The zero-order chi connectivity index (χ0) is 25.8. The Bertz CT molecular complexity index is 1610. The van der Waals surface area contributed by atoms with E-state index in [0.29, 0.717) is 29.5 Å². The predicted molar refractivity (Wildman–Crippen MR) is 124 cm³/mol. The summed E-state index contributed by atoms with van der Waals surface area (Å²) in [6.07, 6.45) is 0.162. The summed E-state index contributed by atoms with van der Waals surface area (Å²) in [5, 5.41) is 43.4. The van der Waals surface area contributed by atoms with Gasteiger partial charge in [-0.15, -0.1) is 0 Å². The minimum Gasteiger partial charge on any atom is -0.508 e. The maximum absolute atomic E-state index is 13.6. The molecule has 0 amide bonds.